The number of carbonyl (C=O) groups is 1. The van der Waals surface area contributed by atoms with Crippen LogP contribution in [0.15, 0.2) is 30.5 Å². The number of H-pyrrole nitrogens is 1. The lowest BCUT2D eigenvalue weighted by molar-refractivity contribution is -0.274. The Balaban J connectivity index is 2.24. The van der Waals surface area contributed by atoms with E-state index in [4.69, 9.17) is 4.74 Å². The number of benzene rings is 1. The number of nitrogens with one attached hydrogen (secondary N) is 1. The molecule has 1 N–H and O–H groups in total. The molecule has 0 saturated heterocycles. The van der Waals surface area contributed by atoms with Crippen LogP contribution in [0.5, 0.6) is 5.75 Å². The standard InChI is InChI=1S/C13H11F3N2O3/c1-2-20-12(19)10-7-17-18-11(10)8-3-5-9(6-4-8)21-13(14,15)16/h3-7H,2H2,1H3,(H,17,18). The Kier molecular flexibility index (Phi) is 4.15. The van der Waals surface area contributed by atoms with Crippen LogP contribution in [-0.4, -0.2) is 29.1 Å². The summed E-state index contributed by atoms with van der Waals surface area (Å²) in [6.07, 6.45) is -3.45. The third-order valence-corrected chi connectivity index (χ3v) is 2.51. The zero-order valence-electron chi connectivity index (χ0n) is 10.9. The van der Waals surface area contributed by atoms with Crippen molar-refractivity contribution in [3.05, 3.63) is 36.0 Å². The quantitative estimate of drug-likeness (QED) is 0.881. The summed E-state index contributed by atoms with van der Waals surface area (Å²) in [5.41, 5.74) is 1.07. The number of aromatic amines is 1. The first kappa shape index (κ1) is 14.9. The minimum absolute atomic E-state index is 0.210. The lowest BCUT2D eigenvalue weighted by atomic mass is 10.1. The van der Waals surface area contributed by atoms with E-state index in [1.54, 1.807) is 6.92 Å². The maximum atomic E-state index is 12.1. The molecule has 0 aliphatic rings. The molecule has 0 unspecified atom stereocenters. The molecule has 0 bridgehead atoms. The van der Waals surface area contributed by atoms with E-state index in [2.05, 4.69) is 14.9 Å². The van der Waals surface area contributed by atoms with Crippen molar-refractivity contribution >= 4 is 5.97 Å². The normalized spacial score (nSPS) is 11.2. The second kappa shape index (κ2) is 5.86. The SMILES string of the molecule is CCOC(=O)c1cn[nH]c1-c1ccc(OC(F)(F)F)cc1. The third-order valence-electron chi connectivity index (χ3n) is 2.51. The van der Waals surface area contributed by atoms with E-state index in [1.807, 2.05) is 0 Å². The summed E-state index contributed by atoms with van der Waals surface area (Å²) in [6.45, 7) is 1.88. The van der Waals surface area contributed by atoms with Gasteiger partial charge in [-0.2, -0.15) is 5.10 Å². The fraction of sp³-hybridized carbons (Fsp3) is 0.231. The second-order valence-electron chi connectivity index (χ2n) is 3.95. The number of halogens is 3. The van der Waals surface area contributed by atoms with Crippen LogP contribution >= 0.6 is 0 Å². The topological polar surface area (TPSA) is 64.2 Å². The number of hydrogen-bond acceptors (Lipinski definition) is 4. The van der Waals surface area contributed by atoms with Crippen LogP contribution in [0.3, 0.4) is 0 Å². The van der Waals surface area contributed by atoms with E-state index in [9.17, 15) is 18.0 Å². The van der Waals surface area contributed by atoms with Gasteiger partial charge in [-0.15, -0.1) is 13.2 Å². The smallest absolute Gasteiger partial charge is 0.462 e. The zero-order chi connectivity index (χ0) is 15.5. The van der Waals surface area contributed by atoms with Crippen molar-refractivity contribution in [1.29, 1.82) is 0 Å². The van der Waals surface area contributed by atoms with Crippen molar-refractivity contribution in [2.24, 2.45) is 0 Å². The summed E-state index contributed by atoms with van der Waals surface area (Å²) in [6, 6.07) is 5.08. The Morgan fingerprint density at radius 3 is 2.52 bits per heavy atom. The van der Waals surface area contributed by atoms with Crippen LogP contribution in [-0.2, 0) is 4.74 Å². The summed E-state index contributed by atoms with van der Waals surface area (Å²) < 4.78 is 44.8. The average molecular weight is 300 g/mol. The highest BCUT2D eigenvalue weighted by atomic mass is 19.4. The van der Waals surface area contributed by atoms with Gasteiger partial charge in [0.25, 0.3) is 0 Å². The first-order chi connectivity index (χ1) is 9.90. The van der Waals surface area contributed by atoms with Gasteiger partial charge in [-0.25, -0.2) is 4.79 Å². The van der Waals surface area contributed by atoms with E-state index >= 15 is 0 Å². The molecule has 0 fully saturated rings. The van der Waals surface area contributed by atoms with Gasteiger partial charge in [0, 0.05) is 5.56 Å². The molecule has 0 amide bonds. The van der Waals surface area contributed by atoms with Crippen molar-refractivity contribution in [2.75, 3.05) is 6.61 Å². The fourth-order valence-electron chi connectivity index (χ4n) is 1.69. The molecule has 2 aromatic rings. The molecule has 1 aromatic heterocycles. The van der Waals surface area contributed by atoms with Gasteiger partial charge in [0.15, 0.2) is 0 Å². The predicted molar refractivity (Wildman–Crippen MR) is 66.7 cm³/mol. The van der Waals surface area contributed by atoms with Crippen LogP contribution in [0.1, 0.15) is 17.3 Å². The van der Waals surface area contributed by atoms with Crippen LogP contribution in [0.4, 0.5) is 13.2 Å². The average Bonchev–Trinajstić information content (AvgIpc) is 2.87. The molecular formula is C13H11F3N2O3. The van der Waals surface area contributed by atoms with Gasteiger partial charge in [0.1, 0.15) is 11.3 Å². The van der Waals surface area contributed by atoms with Gasteiger partial charge < -0.3 is 9.47 Å². The summed E-state index contributed by atoms with van der Waals surface area (Å²) in [4.78, 5) is 11.7. The number of rotatable bonds is 4. The van der Waals surface area contributed by atoms with Crippen LogP contribution < -0.4 is 4.74 Å². The van der Waals surface area contributed by atoms with E-state index in [0.29, 0.717) is 11.3 Å². The molecule has 1 heterocycles. The number of aromatic nitrogens is 2. The molecule has 0 atom stereocenters. The summed E-state index contributed by atoms with van der Waals surface area (Å²) >= 11 is 0. The number of ether oxygens (including phenoxy) is 2. The molecule has 0 radical (unpaired) electrons. The molecule has 5 nitrogen and oxygen atoms in total. The Hall–Kier alpha value is -2.51. The minimum Gasteiger partial charge on any atom is -0.462 e. The Morgan fingerprint density at radius 2 is 1.95 bits per heavy atom. The first-order valence-corrected chi connectivity index (χ1v) is 5.97. The number of nitrogens with zero attached hydrogens (tertiary/aromatic N) is 1. The van der Waals surface area contributed by atoms with E-state index in [0.717, 1.165) is 12.1 Å². The summed E-state index contributed by atoms with van der Waals surface area (Å²) in [7, 11) is 0. The highest BCUT2D eigenvalue weighted by molar-refractivity contribution is 5.95. The maximum Gasteiger partial charge on any atom is 0.573 e. The number of carbonyl (C=O) groups excluding carboxylic acids is 1. The van der Waals surface area contributed by atoms with E-state index in [1.165, 1.54) is 18.3 Å². The lowest BCUT2D eigenvalue weighted by Crippen LogP contribution is -2.16. The molecule has 0 aliphatic heterocycles. The highest BCUT2D eigenvalue weighted by Gasteiger charge is 2.31. The highest BCUT2D eigenvalue weighted by Crippen LogP contribution is 2.27. The maximum absolute atomic E-state index is 12.1. The van der Waals surface area contributed by atoms with Gasteiger partial charge >= 0.3 is 12.3 Å². The molecule has 0 spiro atoms. The summed E-state index contributed by atoms with van der Waals surface area (Å²) in [5, 5.41) is 6.36. The Morgan fingerprint density at radius 1 is 1.29 bits per heavy atom. The number of esters is 1. The summed E-state index contributed by atoms with van der Waals surface area (Å²) in [5.74, 6) is -0.902. The monoisotopic (exact) mass is 300 g/mol. The second-order valence-corrected chi connectivity index (χ2v) is 3.95. The predicted octanol–water partition coefficient (Wildman–Crippen LogP) is 3.15. The van der Waals surface area contributed by atoms with Crippen LogP contribution in [0.25, 0.3) is 11.3 Å². The Bertz CT molecular complexity index is 620. The molecule has 8 heteroatoms. The number of alkyl halides is 3. The fourth-order valence-corrected chi connectivity index (χ4v) is 1.69. The molecule has 0 saturated carbocycles. The molecule has 2 rings (SSSR count). The third kappa shape index (κ3) is 3.74. The van der Waals surface area contributed by atoms with Crippen molar-refractivity contribution in [1.82, 2.24) is 10.2 Å². The van der Waals surface area contributed by atoms with Gasteiger partial charge in [-0.3, -0.25) is 5.10 Å². The van der Waals surface area contributed by atoms with Gasteiger partial charge in [0.05, 0.1) is 18.5 Å². The molecule has 0 aliphatic carbocycles. The minimum atomic E-state index is -4.74. The van der Waals surface area contributed by atoms with Crippen molar-refractivity contribution in [2.45, 2.75) is 13.3 Å². The van der Waals surface area contributed by atoms with Gasteiger partial charge in [-0.05, 0) is 31.2 Å². The van der Waals surface area contributed by atoms with Crippen molar-refractivity contribution in [3.63, 3.8) is 0 Å². The van der Waals surface area contributed by atoms with Gasteiger partial charge in [0.2, 0.25) is 0 Å². The number of hydrogen-bond donors (Lipinski definition) is 1. The zero-order valence-corrected chi connectivity index (χ0v) is 10.9. The largest absolute Gasteiger partial charge is 0.573 e. The van der Waals surface area contributed by atoms with E-state index < -0.39 is 12.3 Å². The molecule has 112 valence electrons. The van der Waals surface area contributed by atoms with Gasteiger partial charge in [-0.1, -0.05) is 0 Å². The van der Waals surface area contributed by atoms with E-state index in [-0.39, 0.29) is 17.9 Å². The van der Waals surface area contributed by atoms with Crippen molar-refractivity contribution < 1.29 is 27.4 Å². The Labute approximate surface area is 117 Å². The van der Waals surface area contributed by atoms with Crippen molar-refractivity contribution in [3.8, 4) is 17.0 Å². The van der Waals surface area contributed by atoms with Crippen LogP contribution in [0.2, 0.25) is 0 Å². The molecule has 1 aromatic carbocycles. The molecule has 21 heavy (non-hydrogen) atoms. The lowest BCUT2D eigenvalue weighted by Gasteiger charge is -2.09. The first-order valence-electron chi connectivity index (χ1n) is 5.97. The molecular weight excluding hydrogens is 289 g/mol. The van der Waals surface area contributed by atoms with Crippen LogP contribution in [0, 0.1) is 0 Å².